The number of aromatic nitrogens is 3. The first-order valence-corrected chi connectivity index (χ1v) is 7.86. The molecule has 2 rings (SSSR count). The Labute approximate surface area is 131 Å². The fourth-order valence-electron chi connectivity index (χ4n) is 2.36. The van der Waals surface area contributed by atoms with Gasteiger partial charge in [-0.3, -0.25) is 9.89 Å². The molecule has 0 fully saturated rings. The number of benzene rings is 1. The first-order valence-electron chi connectivity index (χ1n) is 7.86. The maximum absolute atomic E-state index is 12.4. The minimum absolute atomic E-state index is 0.00815. The minimum atomic E-state index is -0.317. The van der Waals surface area contributed by atoms with Gasteiger partial charge in [0.05, 0.1) is 0 Å². The van der Waals surface area contributed by atoms with Gasteiger partial charge in [0.25, 0.3) is 0 Å². The van der Waals surface area contributed by atoms with Gasteiger partial charge in [0.2, 0.25) is 5.91 Å². The number of rotatable bonds is 7. The van der Waals surface area contributed by atoms with Crippen molar-refractivity contribution in [1.82, 2.24) is 20.5 Å². The molecule has 5 nitrogen and oxygen atoms in total. The molecule has 0 unspecified atom stereocenters. The third-order valence-corrected chi connectivity index (χ3v) is 3.73. The van der Waals surface area contributed by atoms with Gasteiger partial charge < -0.3 is 5.32 Å². The SMILES string of the molecule is CCCC[C@H](C)C(=O)N[C@H](c1ccccc1)c1n[nH]c(C)n1. The van der Waals surface area contributed by atoms with Crippen molar-refractivity contribution < 1.29 is 4.79 Å². The summed E-state index contributed by atoms with van der Waals surface area (Å²) in [6.07, 6.45) is 3.06. The lowest BCUT2D eigenvalue weighted by Crippen LogP contribution is -2.34. The van der Waals surface area contributed by atoms with Crippen molar-refractivity contribution in [1.29, 1.82) is 0 Å². The van der Waals surface area contributed by atoms with Crippen LogP contribution in [0.5, 0.6) is 0 Å². The number of nitrogens with one attached hydrogen (secondary N) is 2. The van der Waals surface area contributed by atoms with Crippen molar-refractivity contribution in [3.05, 3.63) is 47.5 Å². The maximum Gasteiger partial charge on any atom is 0.223 e. The second kappa shape index (κ2) is 7.73. The number of amides is 1. The largest absolute Gasteiger partial charge is 0.342 e. The quantitative estimate of drug-likeness (QED) is 0.825. The predicted molar refractivity (Wildman–Crippen MR) is 86.2 cm³/mol. The molecule has 0 aliphatic heterocycles. The number of nitrogens with zero attached hydrogens (tertiary/aromatic N) is 2. The summed E-state index contributed by atoms with van der Waals surface area (Å²) in [4.78, 5) is 16.8. The molecule has 2 atom stereocenters. The summed E-state index contributed by atoms with van der Waals surface area (Å²) in [5.41, 5.74) is 0.984. The molecule has 1 amide bonds. The number of hydrogen-bond donors (Lipinski definition) is 2. The van der Waals surface area contributed by atoms with E-state index in [2.05, 4.69) is 27.4 Å². The monoisotopic (exact) mass is 300 g/mol. The van der Waals surface area contributed by atoms with E-state index in [9.17, 15) is 4.79 Å². The van der Waals surface area contributed by atoms with Crippen molar-refractivity contribution in [3.8, 4) is 0 Å². The van der Waals surface area contributed by atoms with E-state index in [4.69, 9.17) is 0 Å². The topological polar surface area (TPSA) is 70.7 Å². The molecule has 118 valence electrons. The number of carbonyl (C=O) groups is 1. The van der Waals surface area contributed by atoms with E-state index in [1.165, 1.54) is 0 Å². The van der Waals surface area contributed by atoms with Gasteiger partial charge in [-0.1, -0.05) is 57.0 Å². The van der Waals surface area contributed by atoms with Crippen molar-refractivity contribution in [2.45, 2.75) is 46.1 Å². The lowest BCUT2D eigenvalue weighted by Gasteiger charge is -2.19. The molecule has 0 aliphatic carbocycles. The highest BCUT2D eigenvalue weighted by Gasteiger charge is 2.23. The Balaban J connectivity index is 2.17. The molecule has 5 heteroatoms. The molecule has 0 bridgehead atoms. The zero-order valence-corrected chi connectivity index (χ0v) is 13.5. The van der Waals surface area contributed by atoms with Crippen LogP contribution in [0, 0.1) is 12.8 Å². The van der Waals surface area contributed by atoms with E-state index < -0.39 is 0 Å². The van der Waals surface area contributed by atoms with Crippen molar-refractivity contribution in [2.24, 2.45) is 5.92 Å². The average Bonchev–Trinajstić information content (AvgIpc) is 2.97. The fraction of sp³-hybridized carbons (Fsp3) is 0.471. The highest BCUT2D eigenvalue weighted by atomic mass is 16.1. The molecular formula is C17H24N4O. The van der Waals surface area contributed by atoms with Crippen LogP contribution in [0.15, 0.2) is 30.3 Å². The number of aryl methyl sites for hydroxylation is 1. The number of hydrogen-bond acceptors (Lipinski definition) is 3. The first kappa shape index (κ1) is 16.2. The van der Waals surface area contributed by atoms with Gasteiger partial charge >= 0.3 is 0 Å². The number of carbonyl (C=O) groups excluding carboxylic acids is 1. The molecule has 2 aromatic rings. The Morgan fingerprint density at radius 2 is 2.05 bits per heavy atom. The van der Waals surface area contributed by atoms with Crippen LogP contribution in [0.3, 0.4) is 0 Å². The summed E-state index contributed by atoms with van der Waals surface area (Å²) >= 11 is 0. The van der Waals surface area contributed by atoms with Crippen LogP contribution in [0.2, 0.25) is 0 Å². The Morgan fingerprint density at radius 3 is 2.64 bits per heavy atom. The molecule has 2 N–H and O–H groups in total. The normalized spacial score (nSPS) is 13.6. The molecule has 0 saturated carbocycles. The third-order valence-electron chi connectivity index (χ3n) is 3.73. The molecule has 0 radical (unpaired) electrons. The van der Waals surface area contributed by atoms with Gasteiger partial charge in [0.15, 0.2) is 5.82 Å². The molecule has 0 saturated heterocycles. The molecular weight excluding hydrogens is 276 g/mol. The van der Waals surface area contributed by atoms with E-state index in [-0.39, 0.29) is 17.9 Å². The van der Waals surface area contributed by atoms with Gasteiger partial charge in [0, 0.05) is 5.92 Å². The lowest BCUT2D eigenvalue weighted by atomic mass is 10.0. The van der Waals surface area contributed by atoms with E-state index in [1.54, 1.807) is 0 Å². The predicted octanol–water partition coefficient (Wildman–Crippen LogP) is 3.15. The molecule has 0 aliphatic rings. The van der Waals surface area contributed by atoms with E-state index >= 15 is 0 Å². The Bertz CT molecular complexity index is 594. The zero-order chi connectivity index (χ0) is 15.9. The van der Waals surface area contributed by atoms with Crippen LogP contribution in [-0.2, 0) is 4.79 Å². The highest BCUT2D eigenvalue weighted by molar-refractivity contribution is 5.79. The second-order valence-electron chi connectivity index (χ2n) is 5.67. The van der Waals surface area contributed by atoms with E-state index in [1.807, 2.05) is 44.2 Å². The van der Waals surface area contributed by atoms with Gasteiger partial charge in [-0.2, -0.15) is 5.10 Å². The van der Waals surface area contributed by atoms with Crippen molar-refractivity contribution in [2.75, 3.05) is 0 Å². The summed E-state index contributed by atoms with van der Waals surface area (Å²) < 4.78 is 0. The highest BCUT2D eigenvalue weighted by Crippen LogP contribution is 2.20. The molecule has 22 heavy (non-hydrogen) atoms. The number of unbranched alkanes of at least 4 members (excludes halogenated alkanes) is 1. The lowest BCUT2D eigenvalue weighted by molar-refractivity contribution is -0.125. The van der Waals surface area contributed by atoms with Gasteiger partial charge in [-0.05, 0) is 18.9 Å². The average molecular weight is 300 g/mol. The molecule has 0 spiro atoms. The Kier molecular flexibility index (Phi) is 5.69. The summed E-state index contributed by atoms with van der Waals surface area (Å²) in [5.74, 6) is 1.37. The summed E-state index contributed by atoms with van der Waals surface area (Å²) in [6, 6.07) is 9.50. The van der Waals surface area contributed by atoms with Crippen LogP contribution in [0.4, 0.5) is 0 Å². The van der Waals surface area contributed by atoms with Crippen LogP contribution >= 0.6 is 0 Å². The Morgan fingerprint density at radius 1 is 1.32 bits per heavy atom. The van der Waals surface area contributed by atoms with E-state index in [0.29, 0.717) is 5.82 Å². The summed E-state index contributed by atoms with van der Waals surface area (Å²) in [7, 11) is 0. The van der Waals surface area contributed by atoms with Crippen LogP contribution < -0.4 is 5.32 Å². The minimum Gasteiger partial charge on any atom is -0.342 e. The zero-order valence-electron chi connectivity index (χ0n) is 13.5. The smallest absolute Gasteiger partial charge is 0.223 e. The second-order valence-corrected chi connectivity index (χ2v) is 5.67. The van der Waals surface area contributed by atoms with Crippen LogP contribution in [0.1, 0.15) is 56.4 Å². The van der Waals surface area contributed by atoms with Crippen LogP contribution in [-0.4, -0.2) is 21.1 Å². The van der Waals surface area contributed by atoms with Gasteiger partial charge in [0.1, 0.15) is 11.9 Å². The van der Waals surface area contributed by atoms with Gasteiger partial charge in [-0.15, -0.1) is 0 Å². The molecule has 1 aromatic heterocycles. The fourth-order valence-corrected chi connectivity index (χ4v) is 2.36. The number of aromatic amines is 1. The maximum atomic E-state index is 12.4. The number of H-pyrrole nitrogens is 1. The van der Waals surface area contributed by atoms with Gasteiger partial charge in [-0.25, -0.2) is 4.98 Å². The molecule has 1 heterocycles. The standard InChI is InChI=1S/C17H24N4O/c1-4-5-9-12(2)17(22)19-15(14-10-7-6-8-11-14)16-18-13(3)20-21-16/h6-8,10-12,15H,4-5,9H2,1-3H3,(H,19,22)(H,18,20,21)/t12-,15+/m0/s1. The first-order chi connectivity index (χ1) is 10.6. The van der Waals surface area contributed by atoms with Crippen LogP contribution in [0.25, 0.3) is 0 Å². The van der Waals surface area contributed by atoms with Crippen molar-refractivity contribution >= 4 is 5.91 Å². The third kappa shape index (κ3) is 4.16. The molecule has 1 aromatic carbocycles. The van der Waals surface area contributed by atoms with Crippen molar-refractivity contribution in [3.63, 3.8) is 0 Å². The van der Waals surface area contributed by atoms with E-state index in [0.717, 1.165) is 30.7 Å². The summed E-state index contributed by atoms with van der Waals surface area (Å²) in [6.45, 7) is 5.95. The summed E-state index contributed by atoms with van der Waals surface area (Å²) in [5, 5.41) is 10.1. The Hall–Kier alpha value is -2.17.